The summed E-state index contributed by atoms with van der Waals surface area (Å²) in [5.74, 6) is 0.931. The second kappa shape index (κ2) is 6.49. The van der Waals surface area contributed by atoms with E-state index in [1.54, 1.807) is 0 Å². The van der Waals surface area contributed by atoms with E-state index in [9.17, 15) is 0 Å². The monoisotopic (exact) mass is 212 g/mol. The van der Waals surface area contributed by atoms with Crippen LogP contribution in [0.25, 0.3) is 0 Å². The van der Waals surface area contributed by atoms with Gasteiger partial charge >= 0.3 is 0 Å². The first-order valence-electron chi connectivity index (χ1n) is 6.54. The summed E-state index contributed by atoms with van der Waals surface area (Å²) in [5, 5.41) is 3.39. The summed E-state index contributed by atoms with van der Waals surface area (Å²) in [5.41, 5.74) is 0. The van der Waals surface area contributed by atoms with Crippen LogP contribution in [0.15, 0.2) is 0 Å². The van der Waals surface area contributed by atoms with Crippen molar-refractivity contribution in [2.24, 2.45) is 5.92 Å². The average Bonchev–Trinajstić information content (AvgIpc) is 2.25. The molecular formula is C13H28N2. The molecule has 1 aliphatic rings. The fraction of sp³-hybridized carbons (Fsp3) is 1.00. The van der Waals surface area contributed by atoms with Crippen molar-refractivity contribution in [1.29, 1.82) is 0 Å². The highest BCUT2D eigenvalue weighted by molar-refractivity contribution is 4.79. The van der Waals surface area contributed by atoms with E-state index in [0.29, 0.717) is 6.04 Å². The van der Waals surface area contributed by atoms with Gasteiger partial charge in [-0.05, 0) is 39.3 Å². The molecule has 3 unspecified atom stereocenters. The topological polar surface area (TPSA) is 15.3 Å². The van der Waals surface area contributed by atoms with Crippen LogP contribution in [0.1, 0.15) is 46.0 Å². The van der Waals surface area contributed by atoms with Crippen molar-refractivity contribution in [1.82, 2.24) is 10.2 Å². The SMILES string of the molecule is CCC(CN(C)C1CCCC(C)C1)NC. The highest BCUT2D eigenvalue weighted by Gasteiger charge is 2.23. The maximum absolute atomic E-state index is 3.39. The highest BCUT2D eigenvalue weighted by atomic mass is 15.1. The van der Waals surface area contributed by atoms with Gasteiger partial charge in [-0.25, -0.2) is 0 Å². The van der Waals surface area contributed by atoms with Crippen LogP contribution in [0.5, 0.6) is 0 Å². The van der Waals surface area contributed by atoms with Gasteiger partial charge in [-0.2, -0.15) is 0 Å². The lowest BCUT2D eigenvalue weighted by Gasteiger charge is -2.35. The quantitative estimate of drug-likeness (QED) is 0.753. The second-order valence-electron chi connectivity index (χ2n) is 5.26. The first kappa shape index (κ1) is 13.0. The third-order valence-electron chi connectivity index (χ3n) is 3.94. The van der Waals surface area contributed by atoms with E-state index < -0.39 is 0 Å². The molecule has 2 heteroatoms. The van der Waals surface area contributed by atoms with Crippen molar-refractivity contribution in [2.75, 3.05) is 20.6 Å². The Hall–Kier alpha value is -0.0800. The fourth-order valence-corrected chi connectivity index (χ4v) is 2.72. The molecule has 1 aliphatic carbocycles. The minimum atomic E-state index is 0.659. The van der Waals surface area contributed by atoms with Gasteiger partial charge in [-0.3, -0.25) is 0 Å². The van der Waals surface area contributed by atoms with E-state index in [2.05, 4.69) is 38.2 Å². The van der Waals surface area contributed by atoms with Gasteiger partial charge in [0.2, 0.25) is 0 Å². The van der Waals surface area contributed by atoms with E-state index >= 15 is 0 Å². The van der Waals surface area contributed by atoms with Gasteiger partial charge in [0, 0.05) is 18.6 Å². The molecule has 1 rings (SSSR count). The van der Waals surface area contributed by atoms with Crippen LogP contribution >= 0.6 is 0 Å². The summed E-state index contributed by atoms with van der Waals surface area (Å²) in [6.07, 6.45) is 6.89. The van der Waals surface area contributed by atoms with Crippen molar-refractivity contribution in [3.63, 3.8) is 0 Å². The molecule has 3 atom stereocenters. The molecule has 1 N–H and O–H groups in total. The molecule has 0 aromatic carbocycles. The predicted octanol–water partition coefficient (Wildman–Crippen LogP) is 2.49. The number of nitrogens with zero attached hydrogens (tertiary/aromatic N) is 1. The molecule has 90 valence electrons. The molecule has 0 aromatic heterocycles. The fourth-order valence-electron chi connectivity index (χ4n) is 2.72. The van der Waals surface area contributed by atoms with Crippen molar-refractivity contribution < 1.29 is 0 Å². The Morgan fingerprint density at radius 3 is 2.67 bits per heavy atom. The molecule has 0 saturated heterocycles. The number of nitrogens with one attached hydrogen (secondary N) is 1. The average molecular weight is 212 g/mol. The molecule has 15 heavy (non-hydrogen) atoms. The first-order valence-corrected chi connectivity index (χ1v) is 6.54. The Bertz CT molecular complexity index is 166. The molecule has 0 aliphatic heterocycles. The van der Waals surface area contributed by atoms with Gasteiger partial charge in [-0.1, -0.05) is 26.7 Å². The Kier molecular flexibility index (Phi) is 5.62. The smallest absolute Gasteiger partial charge is 0.0189 e. The summed E-state index contributed by atoms with van der Waals surface area (Å²) in [6, 6.07) is 1.49. The Morgan fingerprint density at radius 2 is 2.13 bits per heavy atom. The van der Waals surface area contributed by atoms with Gasteiger partial charge in [-0.15, -0.1) is 0 Å². The minimum absolute atomic E-state index is 0.659. The Morgan fingerprint density at radius 1 is 1.40 bits per heavy atom. The molecule has 0 radical (unpaired) electrons. The Labute approximate surface area is 95.4 Å². The zero-order valence-corrected chi connectivity index (χ0v) is 10.9. The van der Waals surface area contributed by atoms with E-state index in [1.807, 2.05) is 0 Å². The minimum Gasteiger partial charge on any atom is -0.316 e. The van der Waals surface area contributed by atoms with E-state index in [4.69, 9.17) is 0 Å². The molecule has 1 saturated carbocycles. The van der Waals surface area contributed by atoms with E-state index in [0.717, 1.165) is 12.0 Å². The normalized spacial score (nSPS) is 29.4. The van der Waals surface area contributed by atoms with Crippen LogP contribution in [-0.4, -0.2) is 37.6 Å². The summed E-state index contributed by atoms with van der Waals surface area (Å²) in [4.78, 5) is 2.57. The maximum atomic E-state index is 3.39. The summed E-state index contributed by atoms with van der Waals surface area (Å²) in [7, 11) is 4.37. The van der Waals surface area contributed by atoms with E-state index in [-0.39, 0.29) is 0 Å². The zero-order chi connectivity index (χ0) is 11.3. The lowest BCUT2D eigenvalue weighted by Crippen LogP contribution is -2.43. The molecule has 0 bridgehead atoms. The summed E-state index contributed by atoms with van der Waals surface area (Å²) >= 11 is 0. The molecule has 0 spiro atoms. The van der Waals surface area contributed by atoms with Crippen LogP contribution in [0.2, 0.25) is 0 Å². The van der Waals surface area contributed by atoms with E-state index in [1.165, 1.54) is 38.6 Å². The van der Waals surface area contributed by atoms with Gasteiger partial charge < -0.3 is 10.2 Å². The largest absolute Gasteiger partial charge is 0.316 e. The number of hydrogen-bond donors (Lipinski definition) is 1. The number of rotatable bonds is 5. The molecule has 0 aromatic rings. The molecular weight excluding hydrogens is 184 g/mol. The third-order valence-corrected chi connectivity index (χ3v) is 3.94. The number of hydrogen-bond acceptors (Lipinski definition) is 2. The Balaban J connectivity index is 2.34. The van der Waals surface area contributed by atoms with Crippen molar-refractivity contribution in [3.05, 3.63) is 0 Å². The number of likely N-dealkylation sites (N-methyl/N-ethyl adjacent to an activating group) is 2. The summed E-state index contributed by atoms with van der Waals surface area (Å²) in [6.45, 7) is 5.86. The standard InChI is InChI=1S/C13H28N2/c1-5-12(14-3)10-15(4)13-8-6-7-11(2)9-13/h11-14H,5-10H2,1-4H3. The maximum Gasteiger partial charge on any atom is 0.0189 e. The molecule has 0 amide bonds. The molecule has 2 nitrogen and oxygen atoms in total. The van der Waals surface area contributed by atoms with Crippen LogP contribution in [0.3, 0.4) is 0 Å². The summed E-state index contributed by atoms with van der Waals surface area (Å²) < 4.78 is 0. The second-order valence-corrected chi connectivity index (χ2v) is 5.26. The van der Waals surface area contributed by atoms with Gasteiger partial charge in [0.05, 0.1) is 0 Å². The molecule has 1 fully saturated rings. The van der Waals surface area contributed by atoms with Crippen LogP contribution in [0.4, 0.5) is 0 Å². The third kappa shape index (κ3) is 4.12. The molecule has 0 heterocycles. The zero-order valence-electron chi connectivity index (χ0n) is 10.9. The van der Waals surface area contributed by atoms with Gasteiger partial charge in [0.15, 0.2) is 0 Å². The van der Waals surface area contributed by atoms with Gasteiger partial charge in [0.25, 0.3) is 0 Å². The lowest BCUT2D eigenvalue weighted by molar-refractivity contribution is 0.151. The van der Waals surface area contributed by atoms with Crippen LogP contribution in [-0.2, 0) is 0 Å². The first-order chi connectivity index (χ1) is 7.17. The predicted molar refractivity (Wildman–Crippen MR) is 67.2 cm³/mol. The van der Waals surface area contributed by atoms with Crippen LogP contribution in [0, 0.1) is 5.92 Å². The van der Waals surface area contributed by atoms with Crippen molar-refractivity contribution in [3.8, 4) is 0 Å². The van der Waals surface area contributed by atoms with Crippen LogP contribution < -0.4 is 5.32 Å². The van der Waals surface area contributed by atoms with Gasteiger partial charge in [0.1, 0.15) is 0 Å². The van der Waals surface area contributed by atoms with Crippen molar-refractivity contribution in [2.45, 2.75) is 58.0 Å². The lowest BCUT2D eigenvalue weighted by atomic mass is 9.86. The van der Waals surface area contributed by atoms with Crippen molar-refractivity contribution >= 4 is 0 Å². The highest BCUT2D eigenvalue weighted by Crippen LogP contribution is 2.26.